The zero-order chi connectivity index (χ0) is 14.7. The molecule has 1 saturated heterocycles. The van der Waals surface area contributed by atoms with E-state index in [0.717, 1.165) is 18.5 Å². The van der Waals surface area contributed by atoms with Crippen LogP contribution in [0.5, 0.6) is 11.5 Å². The Kier molecular flexibility index (Phi) is 4.91. The molecule has 1 aliphatic heterocycles. The molecular formula is C15H20BrNO3. The highest BCUT2D eigenvalue weighted by molar-refractivity contribution is 9.09. The van der Waals surface area contributed by atoms with Gasteiger partial charge >= 0.3 is 0 Å². The molecule has 0 N–H and O–H groups in total. The number of nitrogens with zero attached hydrogens (tertiary/aromatic N) is 1. The summed E-state index contributed by atoms with van der Waals surface area (Å²) in [6.45, 7) is 2.85. The first-order valence-electron chi connectivity index (χ1n) is 6.76. The topological polar surface area (TPSA) is 38.8 Å². The molecule has 4 nitrogen and oxygen atoms in total. The molecule has 1 aliphatic rings. The quantitative estimate of drug-likeness (QED) is 0.772. The highest BCUT2D eigenvalue weighted by atomic mass is 79.9. The van der Waals surface area contributed by atoms with Crippen molar-refractivity contribution in [3.05, 3.63) is 23.8 Å². The molecule has 110 valence electrons. The monoisotopic (exact) mass is 341 g/mol. The van der Waals surface area contributed by atoms with E-state index in [1.807, 2.05) is 23.1 Å². The van der Waals surface area contributed by atoms with Gasteiger partial charge in [0.05, 0.1) is 20.3 Å². The number of hydrogen-bond donors (Lipinski definition) is 0. The Labute approximate surface area is 128 Å². The van der Waals surface area contributed by atoms with Crippen molar-refractivity contribution < 1.29 is 14.3 Å². The van der Waals surface area contributed by atoms with Gasteiger partial charge in [-0.3, -0.25) is 4.79 Å². The maximum Gasteiger partial charge on any atom is 0.224 e. The first-order valence-corrected chi connectivity index (χ1v) is 7.67. The van der Waals surface area contributed by atoms with Crippen molar-refractivity contribution in [2.45, 2.75) is 30.6 Å². The second kappa shape index (κ2) is 6.48. The summed E-state index contributed by atoms with van der Waals surface area (Å²) >= 11 is 3.53. The number of ether oxygens (including phenoxy) is 2. The molecule has 2 rings (SSSR count). The summed E-state index contributed by atoms with van der Waals surface area (Å²) in [4.78, 5) is 14.3. The van der Waals surface area contributed by atoms with Gasteiger partial charge in [-0.05, 0) is 24.1 Å². The minimum Gasteiger partial charge on any atom is -0.493 e. The molecule has 0 bridgehead atoms. The van der Waals surface area contributed by atoms with E-state index in [2.05, 4.69) is 22.9 Å². The van der Waals surface area contributed by atoms with Gasteiger partial charge in [0.2, 0.25) is 5.91 Å². The van der Waals surface area contributed by atoms with Crippen molar-refractivity contribution in [1.29, 1.82) is 0 Å². The average Bonchev–Trinajstić information content (AvgIpc) is 2.78. The number of rotatable bonds is 5. The van der Waals surface area contributed by atoms with E-state index in [1.54, 1.807) is 14.2 Å². The first kappa shape index (κ1) is 15.2. The van der Waals surface area contributed by atoms with Crippen LogP contribution in [0.25, 0.3) is 0 Å². The third-order valence-electron chi connectivity index (χ3n) is 3.67. The molecule has 0 aliphatic carbocycles. The number of benzene rings is 1. The molecule has 0 saturated carbocycles. The summed E-state index contributed by atoms with van der Waals surface area (Å²) in [5.41, 5.74) is 1.08. The predicted octanol–water partition coefficient (Wildman–Crippen LogP) is 3.15. The predicted molar refractivity (Wildman–Crippen MR) is 81.6 cm³/mol. The lowest BCUT2D eigenvalue weighted by molar-refractivity contribution is -0.129. The lowest BCUT2D eigenvalue weighted by Crippen LogP contribution is -2.30. The van der Waals surface area contributed by atoms with Crippen molar-refractivity contribution in [3.8, 4) is 11.5 Å². The van der Waals surface area contributed by atoms with Crippen LogP contribution in [0, 0.1) is 0 Å². The van der Waals surface area contributed by atoms with Crippen molar-refractivity contribution in [3.63, 3.8) is 0 Å². The normalized spacial score (nSPS) is 20.1. The van der Waals surface area contributed by atoms with Gasteiger partial charge in [0.1, 0.15) is 0 Å². The highest BCUT2D eigenvalue weighted by Crippen LogP contribution is 2.35. The van der Waals surface area contributed by atoms with Gasteiger partial charge in [-0.2, -0.15) is 0 Å². The highest BCUT2D eigenvalue weighted by Gasteiger charge is 2.33. The maximum absolute atomic E-state index is 12.1. The number of carbonyl (C=O) groups excluding carboxylic acids is 1. The van der Waals surface area contributed by atoms with Crippen LogP contribution in [0.1, 0.15) is 31.4 Å². The minimum absolute atomic E-state index is 0.0878. The van der Waals surface area contributed by atoms with E-state index >= 15 is 0 Å². The summed E-state index contributed by atoms with van der Waals surface area (Å²) in [6.07, 6.45) is 1.45. The van der Waals surface area contributed by atoms with Crippen molar-refractivity contribution in [2.75, 3.05) is 20.8 Å². The van der Waals surface area contributed by atoms with Gasteiger partial charge in [-0.25, -0.2) is 0 Å². The maximum atomic E-state index is 12.1. The molecule has 1 amide bonds. The Morgan fingerprint density at radius 1 is 1.35 bits per heavy atom. The van der Waals surface area contributed by atoms with Crippen molar-refractivity contribution in [2.24, 2.45) is 0 Å². The third-order valence-corrected chi connectivity index (χ3v) is 4.28. The molecule has 2 atom stereocenters. The third kappa shape index (κ3) is 2.92. The van der Waals surface area contributed by atoms with E-state index in [0.29, 0.717) is 17.9 Å². The van der Waals surface area contributed by atoms with Gasteiger partial charge in [0.15, 0.2) is 11.5 Å². The summed E-state index contributed by atoms with van der Waals surface area (Å²) in [5.74, 6) is 1.61. The number of alkyl halides is 1. The van der Waals surface area contributed by atoms with Crippen LogP contribution in [0.4, 0.5) is 0 Å². The Morgan fingerprint density at radius 2 is 2.05 bits per heavy atom. The number of hydrogen-bond acceptors (Lipinski definition) is 3. The van der Waals surface area contributed by atoms with Gasteiger partial charge in [0, 0.05) is 17.8 Å². The second-order valence-corrected chi connectivity index (χ2v) is 6.18. The number of carbonyl (C=O) groups is 1. The van der Waals surface area contributed by atoms with E-state index in [1.165, 1.54) is 0 Å². The van der Waals surface area contributed by atoms with Gasteiger partial charge in [-0.1, -0.05) is 28.9 Å². The van der Waals surface area contributed by atoms with Gasteiger partial charge in [0.25, 0.3) is 0 Å². The summed E-state index contributed by atoms with van der Waals surface area (Å²) in [5, 5.41) is 0. The zero-order valence-electron chi connectivity index (χ0n) is 12.1. The van der Waals surface area contributed by atoms with Crippen LogP contribution in [-0.4, -0.2) is 36.4 Å². The standard InChI is InChI=1S/C15H20BrNO3/c1-4-12(17-9-11(16)8-15(17)18)10-5-6-13(19-2)14(7-10)20-3/h5-7,11-12H,4,8-9H2,1-3H3. The SMILES string of the molecule is CCC(c1ccc(OC)c(OC)c1)N1CC(Br)CC1=O. The van der Waals surface area contributed by atoms with Crippen LogP contribution < -0.4 is 9.47 Å². The molecular weight excluding hydrogens is 322 g/mol. The molecule has 1 fully saturated rings. The summed E-state index contributed by atoms with van der Waals surface area (Å²) in [7, 11) is 3.24. The van der Waals surface area contributed by atoms with Crippen LogP contribution in [0.15, 0.2) is 18.2 Å². The van der Waals surface area contributed by atoms with E-state index in [4.69, 9.17) is 9.47 Å². The average molecular weight is 342 g/mol. The molecule has 2 unspecified atom stereocenters. The fourth-order valence-electron chi connectivity index (χ4n) is 2.68. The van der Waals surface area contributed by atoms with Crippen LogP contribution in [-0.2, 0) is 4.79 Å². The van der Waals surface area contributed by atoms with Crippen molar-refractivity contribution >= 4 is 21.8 Å². The molecule has 1 aromatic carbocycles. The smallest absolute Gasteiger partial charge is 0.224 e. The molecule has 1 aromatic rings. The molecule has 0 spiro atoms. The lowest BCUT2D eigenvalue weighted by atomic mass is 10.0. The second-order valence-electron chi connectivity index (χ2n) is 4.89. The van der Waals surface area contributed by atoms with E-state index in [9.17, 15) is 4.79 Å². The molecule has 5 heteroatoms. The Bertz CT molecular complexity index is 492. The molecule has 0 aromatic heterocycles. The van der Waals surface area contributed by atoms with Crippen molar-refractivity contribution in [1.82, 2.24) is 4.90 Å². The number of amides is 1. The first-order chi connectivity index (χ1) is 9.60. The zero-order valence-corrected chi connectivity index (χ0v) is 13.6. The van der Waals surface area contributed by atoms with E-state index < -0.39 is 0 Å². The van der Waals surface area contributed by atoms with Crippen LogP contribution in [0.2, 0.25) is 0 Å². The fraction of sp³-hybridized carbons (Fsp3) is 0.533. The summed E-state index contributed by atoms with van der Waals surface area (Å²) < 4.78 is 10.6. The van der Waals surface area contributed by atoms with Crippen LogP contribution in [0.3, 0.4) is 0 Å². The molecule has 20 heavy (non-hydrogen) atoms. The minimum atomic E-state index is 0.0878. The van der Waals surface area contributed by atoms with E-state index in [-0.39, 0.29) is 16.8 Å². The number of methoxy groups -OCH3 is 2. The molecule has 0 radical (unpaired) electrons. The van der Waals surface area contributed by atoms with Gasteiger partial charge in [-0.15, -0.1) is 0 Å². The largest absolute Gasteiger partial charge is 0.493 e. The Morgan fingerprint density at radius 3 is 2.55 bits per heavy atom. The van der Waals surface area contributed by atoms with Gasteiger partial charge < -0.3 is 14.4 Å². The number of likely N-dealkylation sites (tertiary alicyclic amines) is 1. The number of halogens is 1. The summed E-state index contributed by atoms with van der Waals surface area (Å²) in [6, 6.07) is 5.94. The lowest BCUT2D eigenvalue weighted by Gasteiger charge is -2.28. The Hall–Kier alpha value is -1.23. The molecule has 1 heterocycles. The fourth-order valence-corrected chi connectivity index (χ4v) is 3.27. The Balaban J connectivity index is 2.30. The van der Waals surface area contributed by atoms with Crippen LogP contribution >= 0.6 is 15.9 Å².